The fraction of sp³-hybridized carbons (Fsp3) is 0.533. The van der Waals surface area contributed by atoms with E-state index in [4.69, 9.17) is 4.74 Å². The largest absolute Gasteiger partial charge is 0.487 e. The third kappa shape index (κ3) is 5.32. The summed E-state index contributed by atoms with van der Waals surface area (Å²) < 4.78 is 5.68. The van der Waals surface area contributed by atoms with Gasteiger partial charge in [0.15, 0.2) is 0 Å². The van der Waals surface area contributed by atoms with Gasteiger partial charge in [0.1, 0.15) is 16.9 Å². The molecule has 0 aliphatic carbocycles. The van der Waals surface area contributed by atoms with Crippen molar-refractivity contribution >= 4 is 5.97 Å². The molecule has 1 aromatic carbocycles. The summed E-state index contributed by atoms with van der Waals surface area (Å²) in [6.45, 7) is 11.9. The normalized spacial score (nSPS) is 11.7. The second kappa shape index (κ2) is 6.04. The van der Waals surface area contributed by atoms with E-state index in [1.165, 1.54) is 0 Å². The van der Waals surface area contributed by atoms with Crippen LogP contribution in [0.25, 0.3) is 0 Å². The van der Waals surface area contributed by atoms with Crippen LogP contribution in [0.1, 0.15) is 57.5 Å². The molecule has 0 fully saturated rings. The molecule has 0 aromatic heterocycles. The standard InChI is InChI=1S/C15H22O3.Zn/c1-14(2,3)10-7-8-12(18-15(4,5)6)11(9-10)13(16)17;/h7-9H,1-6H3,(H,16,17);. The molecule has 3 nitrogen and oxygen atoms in total. The second-order valence-electron chi connectivity index (χ2n) is 6.48. The van der Waals surface area contributed by atoms with Crippen LogP contribution in [0.2, 0.25) is 0 Å². The maximum atomic E-state index is 11.3. The fourth-order valence-electron chi connectivity index (χ4n) is 1.58. The molecule has 0 amide bonds. The molecular formula is C15H22O3Zn. The van der Waals surface area contributed by atoms with Crippen LogP contribution in [0.5, 0.6) is 5.75 Å². The Bertz CT molecular complexity index is 453. The van der Waals surface area contributed by atoms with Crippen molar-refractivity contribution in [3.05, 3.63) is 29.3 Å². The first-order valence-corrected chi connectivity index (χ1v) is 6.07. The molecule has 0 unspecified atom stereocenters. The van der Waals surface area contributed by atoms with Crippen molar-refractivity contribution in [2.75, 3.05) is 0 Å². The SMILES string of the molecule is CC(C)(C)Oc1ccc(C(C)(C)C)cc1C(=O)O.[Zn]. The molecule has 0 spiro atoms. The van der Waals surface area contributed by atoms with Crippen molar-refractivity contribution in [3.8, 4) is 5.75 Å². The van der Waals surface area contributed by atoms with Gasteiger partial charge < -0.3 is 9.84 Å². The Morgan fingerprint density at radius 1 is 1.11 bits per heavy atom. The van der Waals surface area contributed by atoms with Crippen molar-refractivity contribution in [2.45, 2.75) is 52.6 Å². The summed E-state index contributed by atoms with van der Waals surface area (Å²) in [5.74, 6) is -0.539. The van der Waals surface area contributed by atoms with E-state index >= 15 is 0 Å². The minimum absolute atomic E-state index is 0. The van der Waals surface area contributed by atoms with Crippen LogP contribution in [0.3, 0.4) is 0 Å². The van der Waals surface area contributed by atoms with E-state index in [1.807, 2.05) is 26.8 Å². The average molecular weight is 316 g/mol. The van der Waals surface area contributed by atoms with Crippen LogP contribution in [0.4, 0.5) is 0 Å². The van der Waals surface area contributed by atoms with E-state index in [0.29, 0.717) is 5.75 Å². The van der Waals surface area contributed by atoms with Crippen LogP contribution in [0.15, 0.2) is 18.2 Å². The summed E-state index contributed by atoms with van der Waals surface area (Å²) >= 11 is 0. The predicted molar refractivity (Wildman–Crippen MR) is 72.5 cm³/mol. The van der Waals surface area contributed by atoms with E-state index in [2.05, 4.69) is 20.8 Å². The van der Waals surface area contributed by atoms with E-state index in [0.717, 1.165) is 5.56 Å². The van der Waals surface area contributed by atoms with Crippen molar-refractivity contribution in [1.29, 1.82) is 0 Å². The molecule has 0 saturated heterocycles. The predicted octanol–water partition coefficient (Wildman–Crippen LogP) is 3.86. The number of hydrogen-bond donors (Lipinski definition) is 1. The molecule has 4 heteroatoms. The molecular weight excluding hydrogens is 294 g/mol. The van der Waals surface area contributed by atoms with E-state index < -0.39 is 11.6 Å². The molecule has 19 heavy (non-hydrogen) atoms. The number of carbonyl (C=O) groups is 1. The molecule has 0 bridgehead atoms. The van der Waals surface area contributed by atoms with Crippen LogP contribution in [0, 0.1) is 0 Å². The number of ether oxygens (including phenoxy) is 1. The van der Waals surface area contributed by atoms with Gasteiger partial charge in [-0.25, -0.2) is 4.79 Å². The Morgan fingerprint density at radius 2 is 1.63 bits per heavy atom. The summed E-state index contributed by atoms with van der Waals surface area (Å²) in [7, 11) is 0. The molecule has 0 heterocycles. The van der Waals surface area contributed by atoms with Gasteiger partial charge in [-0.15, -0.1) is 0 Å². The van der Waals surface area contributed by atoms with Gasteiger partial charge in [-0.3, -0.25) is 0 Å². The number of carboxylic acid groups (broad SMARTS) is 1. The first-order valence-electron chi connectivity index (χ1n) is 6.07. The van der Waals surface area contributed by atoms with Gasteiger partial charge in [-0.1, -0.05) is 26.8 Å². The van der Waals surface area contributed by atoms with E-state index in [1.54, 1.807) is 12.1 Å². The Labute approximate surface area is 128 Å². The zero-order valence-corrected chi connectivity index (χ0v) is 15.7. The number of carboxylic acids is 1. The monoisotopic (exact) mass is 314 g/mol. The summed E-state index contributed by atoms with van der Waals surface area (Å²) in [6, 6.07) is 5.37. The molecule has 0 aliphatic rings. The second-order valence-corrected chi connectivity index (χ2v) is 6.48. The zero-order chi connectivity index (χ0) is 14.1. The van der Waals surface area contributed by atoms with E-state index in [9.17, 15) is 9.90 Å². The molecule has 0 aliphatic heterocycles. The van der Waals surface area contributed by atoms with Crippen molar-refractivity contribution in [2.24, 2.45) is 0 Å². The summed E-state index contributed by atoms with van der Waals surface area (Å²) in [6.07, 6.45) is 0. The first-order chi connectivity index (χ1) is 8.00. The van der Waals surface area contributed by atoms with Gasteiger partial charge in [-0.2, -0.15) is 0 Å². The maximum Gasteiger partial charge on any atom is 0.339 e. The Balaban J connectivity index is 0.00000324. The summed E-state index contributed by atoms with van der Waals surface area (Å²) in [4.78, 5) is 11.3. The zero-order valence-electron chi connectivity index (χ0n) is 12.7. The molecule has 102 valence electrons. The quantitative estimate of drug-likeness (QED) is 0.843. The molecule has 1 N–H and O–H groups in total. The third-order valence-electron chi connectivity index (χ3n) is 2.49. The van der Waals surface area contributed by atoms with Gasteiger partial charge >= 0.3 is 5.97 Å². The number of rotatable bonds is 2. The van der Waals surface area contributed by atoms with Crippen LogP contribution >= 0.6 is 0 Å². The summed E-state index contributed by atoms with van der Waals surface area (Å²) in [5, 5.41) is 9.27. The molecule has 0 saturated carbocycles. The minimum Gasteiger partial charge on any atom is -0.487 e. The Morgan fingerprint density at radius 3 is 2.00 bits per heavy atom. The third-order valence-corrected chi connectivity index (χ3v) is 2.49. The van der Waals surface area contributed by atoms with Gasteiger partial charge in [0.25, 0.3) is 0 Å². The van der Waals surface area contributed by atoms with Gasteiger partial charge in [0.2, 0.25) is 0 Å². The molecule has 1 aromatic rings. The topological polar surface area (TPSA) is 46.5 Å². The van der Waals surface area contributed by atoms with Crippen LogP contribution in [-0.4, -0.2) is 16.7 Å². The summed E-state index contributed by atoms with van der Waals surface area (Å²) in [5.41, 5.74) is 0.719. The van der Waals surface area contributed by atoms with Crippen LogP contribution in [-0.2, 0) is 24.9 Å². The smallest absolute Gasteiger partial charge is 0.339 e. The number of aromatic carboxylic acids is 1. The molecule has 0 atom stereocenters. The number of benzene rings is 1. The fourth-order valence-corrected chi connectivity index (χ4v) is 1.58. The Kier molecular flexibility index (Phi) is 5.76. The minimum atomic E-state index is -0.958. The van der Waals surface area contributed by atoms with Crippen LogP contribution < -0.4 is 4.74 Å². The van der Waals surface area contributed by atoms with E-state index in [-0.39, 0.29) is 30.5 Å². The van der Waals surface area contributed by atoms with Gasteiger partial charge in [-0.05, 0) is 43.9 Å². The van der Waals surface area contributed by atoms with Crippen molar-refractivity contribution in [1.82, 2.24) is 0 Å². The first kappa shape index (κ1) is 18.1. The van der Waals surface area contributed by atoms with Crippen molar-refractivity contribution < 1.29 is 34.1 Å². The average Bonchev–Trinajstić information content (AvgIpc) is 2.13. The maximum absolute atomic E-state index is 11.3. The Hall–Kier alpha value is -0.887. The van der Waals surface area contributed by atoms with Crippen molar-refractivity contribution in [3.63, 3.8) is 0 Å². The molecule has 1 rings (SSSR count). The van der Waals surface area contributed by atoms with Gasteiger partial charge in [0.05, 0.1) is 0 Å². The molecule has 0 radical (unpaired) electrons. The number of hydrogen-bond acceptors (Lipinski definition) is 2. The van der Waals surface area contributed by atoms with Gasteiger partial charge in [0, 0.05) is 19.5 Å².